The van der Waals surface area contributed by atoms with Crippen molar-refractivity contribution in [2.75, 3.05) is 13.2 Å². The van der Waals surface area contributed by atoms with E-state index in [-0.39, 0.29) is 22.3 Å². The monoisotopic (exact) mass is 626 g/mol. The minimum Gasteiger partial charge on any atom is -0.508 e. The summed E-state index contributed by atoms with van der Waals surface area (Å²) in [4.78, 5) is 12.9. The SMILES string of the molecule is O=c1cc(-c2cc(O[C@@H]3O[C@H](CO)[C@@H](O)[C@H](O)[C@H]3O)c(O)c(O[C@@H]3O[C@H](CO)[C@@H](O)[C@@H](O)[C@H]3O)c2)oc2cc(O)cc(O)c12. The second kappa shape index (κ2) is 12.3. The normalized spacial score (nSPS) is 32.5. The highest BCUT2D eigenvalue weighted by atomic mass is 16.7. The molecule has 2 aliphatic rings. The molecular formula is C27H30O17. The molecule has 10 atom stereocenters. The van der Waals surface area contributed by atoms with Crippen LogP contribution >= 0.6 is 0 Å². The van der Waals surface area contributed by atoms with Gasteiger partial charge >= 0.3 is 0 Å². The molecule has 17 heteroatoms. The van der Waals surface area contributed by atoms with Crippen LogP contribution in [0.1, 0.15) is 0 Å². The summed E-state index contributed by atoms with van der Waals surface area (Å²) in [6.07, 6.45) is -17.3. The van der Waals surface area contributed by atoms with Gasteiger partial charge < -0.3 is 79.5 Å². The van der Waals surface area contributed by atoms with Gasteiger partial charge in [-0.2, -0.15) is 0 Å². The van der Waals surface area contributed by atoms with Gasteiger partial charge in [-0.1, -0.05) is 0 Å². The fourth-order valence-corrected chi connectivity index (χ4v) is 4.88. The van der Waals surface area contributed by atoms with Crippen LogP contribution in [-0.4, -0.2) is 131 Å². The van der Waals surface area contributed by atoms with E-state index in [1.165, 1.54) is 0 Å². The maximum Gasteiger partial charge on any atom is 0.229 e. The van der Waals surface area contributed by atoms with Crippen LogP contribution in [0.15, 0.2) is 39.5 Å². The number of aliphatic hydroxyl groups is 8. The molecule has 2 fully saturated rings. The van der Waals surface area contributed by atoms with E-state index in [2.05, 4.69) is 0 Å². The number of rotatable bonds is 7. The number of aliphatic hydroxyl groups excluding tert-OH is 8. The van der Waals surface area contributed by atoms with E-state index in [1.807, 2.05) is 0 Å². The Balaban J connectivity index is 1.60. The van der Waals surface area contributed by atoms with Crippen molar-refractivity contribution in [1.29, 1.82) is 0 Å². The standard InChI is InChI=1S/C27H30O17/c28-6-16-20(34)22(36)24(38)26(43-16)41-14-1-8(12-5-11(32)18-10(31)3-9(30)4-13(18)40-12)2-15(19(14)33)42-27-25(39)23(37)21(35)17(7-29)44-27/h1-5,16-17,20-31,33-39H,6-7H2/t16-,17-,20-,21-,22-,23+,24-,25-,26-,27-/m1/s1. The third kappa shape index (κ3) is 5.73. The van der Waals surface area contributed by atoms with E-state index in [0.29, 0.717) is 0 Å². The zero-order chi connectivity index (χ0) is 32.0. The summed E-state index contributed by atoms with van der Waals surface area (Å²) >= 11 is 0. The Kier molecular flexibility index (Phi) is 8.87. The summed E-state index contributed by atoms with van der Waals surface area (Å²) in [5.74, 6) is -3.21. The van der Waals surface area contributed by atoms with Gasteiger partial charge in [0, 0.05) is 23.8 Å². The summed E-state index contributed by atoms with van der Waals surface area (Å²) in [5, 5.41) is 111. The predicted molar refractivity (Wildman–Crippen MR) is 142 cm³/mol. The zero-order valence-electron chi connectivity index (χ0n) is 22.4. The Hall–Kier alpha value is -3.75. The molecule has 0 spiro atoms. The van der Waals surface area contributed by atoms with Crippen molar-refractivity contribution in [1.82, 2.24) is 0 Å². The first-order valence-electron chi connectivity index (χ1n) is 13.2. The number of ether oxygens (including phenoxy) is 4. The third-order valence-electron chi connectivity index (χ3n) is 7.30. The van der Waals surface area contributed by atoms with Crippen LogP contribution < -0.4 is 14.9 Å². The molecule has 2 saturated heterocycles. The van der Waals surface area contributed by atoms with E-state index in [9.17, 15) is 61.0 Å². The molecule has 2 aromatic carbocycles. The number of aromatic hydroxyl groups is 3. The Labute approximate surface area is 246 Å². The summed E-state index contributed by atoms with van der Waals surface area (Å²) in [6, 6.07) is 5.07. The molecule has 5 rings (SSSR count). The molecular weight excluding hydrogens is 596 g/mol. The molecule has 0 saturated carbocycles. The summed E-state index contributed by atoms with van der Waals surface area (Å²) in [5.41, 5.74) is -1.09. The van der Waals surface area contributed by atoms with Crippen molar-refractivity contribution in [3.63, 3.8) is 0 Å². The lowest BCUT2D eigenvalue weighted by atomic mass is 9.99. The Bertz CT molecular complexity index is 1490. The van der Waals surface area contributed by atoms with E-state index in [1.54, 1.807) is 0 Å². The van der Waals surface area contributed by atoms with Crippen LogP contribution in [0.4, 0.5) is 0 Å². The summed E-state index contributed by atoms with van der Waals surface area (Å²) in [6.45, 7) is -1.57. The van der Waals surface area contributed by atoms with Crippen LogP contribution in [0.3, 0.4) is 0 Å². The average Bonchev–Trinajstić information content (AvgIpc) is 2.98. The van der Waals surface area contributed by atoms with Gasteiger partial charge in [-0.15, -0.1) is 0 Å². The van der Waals surface area contributed by atoms with Crippen molar-refractivity contribution < 1.29 is 79.5 Å². The first-order chi connectivity index (χ1) is 20.8. The van der Waals surface area contributed by atoms with Crippen LogP contribution in [0, 0.1) is 0 Å². The largest absolute Gasteiger partial charge is 0.508 e. The molecule has 1 aromatic heterocycles. The maximum absolute atomic E-state index is 12.9. The topological polar surface area (TPSA) is 290 Å². The molecule has 240 valence electrons. The van der Waals surface area contributed by atoms with Crippen LogP contribution in [0.25, 0.3) is 22.3 Å². The predicted octanol–water partition coefficient (Wildman–Crippen LogP) is -3.07. The summed E-state index contributed by atoms with van der Waals surface area (Å²) in [7, 11) is 0. The lowest BCUT2D eigenvalue weighted by Gasteiger charge is -2.40. The van der Waals surface area contributed by atoms with E-state index in [4.69, 9.17) is 23.4 Å². The number of fused-ring (bicyclic) bond motifs is 1. The quantitative estimate of drug-likeness (QED) is 0.124. The van der Waals surface area contributed by atoms with Gasteiger partial charge in [0.2, 0.25) is 18.3 Å². The number of phenolic OH excluding ortho intramolecular Hbond substituents is 3. The van der Waals surface area contributed by atoms with Crippen molar-refractivity contribution in [2.24, 2.45) is 0 Å². The van der Waals surface area contributed by atoms with Crippen molar-refractivity contribution in [3.8, 4) is 40.1 Å². The lowest BCUT2D eigenvalue weighted by molar-refractivity contribution is -0.279. The van der Waals surface area contributed by atoms with Crippen molar-refractivity contribution in [2.45, 2.75) is 61.4 Å². The van der Waals surface area contributed by atoms with Gasteiger partial charge in [-0.05, 0) is 12.1 Å². The van der Waals surface area contributed by atoms with Crippen LogP contribution in [0.2, 0.25) is 0 Å². The highest BCUT2D eigenvalue weighted by Crippen LogP contribution is 2.44. The van der Waals surface area contributed by atoms with Gasteiger partial charge in [0.25, 0.3) is 0 Å². The Morgan fingerprint density at radius 3 is 1.64 bits per heavy atom. The molecule has 0 bridgehead atoms. The van der Waals surface area contributed by atoms with Gasteiger partial charge in [0.05, 0.1) is 13.2 Å². The molecule has 11 N–H and O–H groups in total. The zero-order valence-corrected chi connectivity index (χ0v) is 22.4. The fraction of sp³-hybridized carbons (Fsp3) is 0.444. The molecule has 0 aliphatic carbocycles. The minimum atomic E-state index is -1.91. The van der Waals surface area contributed by atoms with Gasteiger partial charge in [-0.3, -0.25) is 4.79 Å². The number of hydrogen-bond donors (Lipinski definition) is 11. The first-order valence-corrected chi connectivity index (χ1v) is 13.2. The van der Waals surface area contributed by atoms with Crippen LogP contribution in [-0.2, 0) is 9.47 Å². The smallest absolute Gasteiger partial charge is 0.229 e. The van der Waals surface area contributed by atoms with Gasteiger partial charge in [0.1, 0.15) is 77.1 Å². The molecule has 0 unspecified atom stereocenters. The maximum atomic E-state index is 12.9. The van der Waals surface area contributed by atoms with E-state index >= 15 is 0 Å². The lowest BCUT2D eigenvalue weighted by Crippen LogP contribution is -2.60. The number of hydrogen-bond acceptors (Lipinski definition) is 17. The molecule has 3 aromatic rings. The average molecular weight is 627 g/mol. The van der Waals surface area contributed by atoms with Crippen LogP contribution in [0.5, 0.6) is 28.7 Å². The Morgan fingerprint density at radius 1 is 0.659 bits per heavy atom. The van der Waals surface area contributed by atoms with E-state index in [0.717, 1.165) is 30.3 Å². The molecule has 0 radical (unpaired) electrons. The first kappa shape index (κ1) is 31.7. The number of benzene rings is 2. The molecule has 44 heavy (non-hydrogen) atoms. The molecule has 0 amide bonds. The molecule has 3 heterocycles. The fourth-order valence-electron chi connectivity index (χ4n) is 4.88. The third-order valence-corrected chi connectivity index (χ3v) is 7.30. The Morgan fingerprint density at radius 2 is 1.16 bits per heavy atom. The van der Waals surface area contributed by atoms with Gasteiger partial charge in [0.15, 0.2) is 16.9 Å². The van der Waals surface area contributed by atoms with E-state index < -0.39 is 109 Å². The second-order valence-electron chi connectivity index (χ2n) is 10.3. The second-order valence-corrected chi connectivity index (χ2v) is 10.3. The van der Waals surface area contributed by atoms with Crippen molar-refractivity contribution >= 4 is 11.0 Å². The minimum absolute atomic E-state index is 0.0937. The van der Waals surface area contributed by atoms with Crippen molar-refractivity contribution in [3.05, 3.63) is 40.6 Å². The van der Waals surface area contributed by atoms with Gasteiger partial charge in [-0.25, -0.2) is 0 Å². The highest BCUT2D eigenvalue weighted by Gasteiger charge is 2.46. The molecule has 2 aliphatic heterocycles. The number of phenols is 3. The molecule has 17 nitrogen and oxygen atoms in total. The highest BCUT2D eigenvalue weighted by molar-refractivity contribution is 5.86. The summed E-state index contributed by atoms with van der Waals surface area (Å²) < 4.78 is 27.5.